The Morgan fingerprint density at radius 1 is 1.13 bits per heavy atom. The standard InChI is InChI=1S/C14H26O/c1-5-7-12(3)9-10-14(11-15)13(4)8-6-2/h10-13H,5-9H2,1-4H3/b14-10+. The van der Waals surface area contributed by atoms with Crippen LogP contribution in [0.4, 0.5) is 0 Å². The molecule has 15 heavy (non-hydrogen) atoms. The van der Waals surface area contributed by atoms with Gasteiger partial charge in [-0.1, -0.05) is 53.0 Å². The smallest absolute Gasteiger partial charge is 0.145 e. The van der Waals surface area contributed by atoms with Gasteiger partial charge in [-0.15, -0.1) is 0 Å². The monoisotopic (exact) mass is 210 g/mol. The molecular weight excluding hydrogens is 184 g/mol. The second kappa shape index (κ2) is 8.70. The van der Waals surface area contributed by atoms with Gasteiger partial charge in [0.15, 0.2) is 0 Å². The lowest BCUT2D eigenvalue weighted by Crippen LogP contribution is -2.02. The quantitative estimate of drug-likeness (QED) is 0.429. The number of carbonyl (C=O) groups is 1. The topological polar surface area (TPSA) is 17.1 Å². The number of allylic oxidation sites excluding steroid dienone is 2. The number of aldehydes is 1. The van der Waals surface area contributed by atoms with Gasteiger partial charge in [0.05, 0.1) is 0 Å². The maximum Gasteiger partial charge on any atom is 0.145 e. The molecule has 0 bridgehead atoms. The highest BCUT2D eigenvalue weighted by atomic mass is 16.1. The van der Waals surface area contributed by atoms with Gasteiger partial charge in [-0.05, 0) is 30.3 Å². The highest BCUT2D eigenvalue weighted by Crippen LogP contribution is 2.18. The summed E-state index contributed by atoms with van der Waals surface area (Å²) >= 11 is 0. The fourth-order valence-corrected chi connectivity index (χ4v) is 1.91. The molecule has 0 aromatic rings. The van der Waals surface area contributed by atoms with Crippen molar-refractivity contribution in [1.82, 2.24) is 0 Å². The molecule has 0 amide bonds. The van der Waals surface area contributed by atoms with Crippen LogP contribution < -0.4 is 0 Å². The second-order valence-corrected chi connectivity index (χ2v) is 4.64. The van der Waals surface area contributed by atoms with Crippen molar-refractivity contribution in [2.75, 3.05) is 0 Å². The predicted octanol–water partition coefficient (Wildman–Crippen LogP) is 4.37. The molecule has 0 aliphatic heterocycles. The van der Waals surface area contributed by atoms with E-state index in [-0.39, 0.29) is 0 Å². The third-order valence-electron chi connectivity index (χ3n) is 2.96. The minimum absolute atomic E-state index is 0.432. The number of hydrogen-bond acceptors (Lipinski definition) is 1. The molecule has 2 unspecified atom stereocenters. The minimum atomic E-state index is 0.432. The molecule has 1 heteroatoms. The van der Waals surface area contributed by atoms with E-state index >= 15 is 0 Å². The maximum atomic E-state index is 10.9. The minimum Gasteiger partial charge on any atom is -0.298 e. The lowest BCUT2D eigenvalue weighted by molar-refractivity contribution is -0.105. The van der Waals surface area contributed by atoms with Gasteiger partial charge in [0.25, 0.3) is 0 Å². The maximum absolute atomic E-state index is 10.9. The normalized spacial score (nSPS) is 16.1. The van der Waals surface area contributed by atoms with Crippen molar-refractivity contribution in [3.05, 3.63) is 11.6 Å². The van der Waals surface area contributed by atoms with Crippen LogP contribution in [0.5, 0.6) is 0 Å². The summed E-state index contributed by atoms with van der Waals surface area (Å²) in [5.41, 5.74) is 1.000. The number of rotatable bonds is 8. The number of carbonyl (C=O) groups excluding carboxylic acids is 1. The van der Waals surface area contributed by atoms with Crippen LogP contribution in [0, 0.1) is 11.8 Å². The van der Waals surface area contributed by atoms with E-state index in [9.17, 15) is 4.79 Å². The molecule has 0 fully saturated rings. The van der Waals surface area contributed by atoms with Crippen molar-refractivity contribution in [2.45, 2.75) is 59.8 Å². The molecule has 0 heterocycles. The van der Waals surface area contributed by atoms with Crippen LogP contribution in [0.25, 0.3) is 0 Å². The van der Waals surface area contributed by atoms with Gasteiger partial charge in [0.1, 0.15) is 6.29 Å². The van der Waals surface area contributed by atoms with Gasteiger partial charge in [-0.25, -0.2) is 0 Å². The Morgan fingerprint density at radius 3 is 2.20 bits per heavy atom. The second-order valence-electron chi connectivity index (χ2n) is 4.64. The Labute approximate surface area is 95.0 Å². The molecular formula is C14H26O. The molecule has 0 aromatic carbocycles. The summed E-state index contributed by atoms with van der Waals surface area (Å²) in [5.74, 6) is 1.14. The van der Waals surface area contributed by atoms with Gasteiger partial charge in [0.2, 0.25) is 0 Å². The van der Waals surface area contributed by atoms with E-state index in [1.807, 2.05) is 0 Å². The summed E-state index contributed by atoms with van der Waals surface area (Å²) < 4.78 is 0. The van der Waals surface area contributed by atoms with E-state index in [4.69, 9.17) is 0 Å². The molecule has 2 atom stereocenters. The first-order valence-electron chi connectivity index (χ1n) is 6.30. The van der Waals surface area contributed by atoms with Gasteiger partial charge >= 0.3 is 0 Å². The van der Waals surface area contributed by atoms with Crippen LogP contribution >= 0.6 is 0 Å². The molecule has 0 rings (SSSR count). The Bertz CT molecular complexity index is 194. The third kappa shape index (κ3) is 6.48. The molecule has 0 aliphatic carbocycles. The summed E-state index contributed by atoms with van der Waals surface area (Å²) in [6.45, 7) is 8.78. The van der Waals surface area contributed by atoms with E-state index in [1.165, 1.54) is 12.8 Å². The Hall–Kier alpha value is -0.590. The summed E-state index contributed by atoms with van der Waals surface area (Å²) in [7, 11) is 0. The summed E-state index contributed by atoms with van der Waals surface area (Å²) in [4.78, 5) is 10.9. The first-order valence-corrected chi connectivity index (χ1v) is 6.30. The Balaban J connectivity index is 4.14. The average molecular weight is 210 g/mol. The Morgan fingerprint density at radius 2 is 1.73 bits per heavy atom. The van der Waals surface area contributed by atoms with Gasteiger partial charge < -0.3 is 0 Å². The summed E-state index contributed by atoms with van der Waals surface area (Å²) in [5, 5.41) is 0. The van der Waals surface area contributed by atoms with Gasteiger partial charge in [-0.2, -0.15) is 0 Å². The van der Waals surface area contributed by atoms with Crippen LogP contribution in [-0.4, -0.2) is 6.29 Å². The molecule has 1 nitrogen and oxygen atoms in total. The zero-order valence-corrected chi connectivity index (χ0v) is 10.8. The SMILES string of the molecule is CCCC(C)C/C=C(\C=O)C(C)CCC. The zero-order valence-electron chi connectivity index (χ0n) is 10.8. The van der Waals surface area contributed by atoms with E-state index < -0.39 is 0 Å². The highest BCUT2D eigenvalue weighted by Gasteiger charge is 2.07. The lowest BCUT2D eigenvalue weighted by Gasteiger charge is -2.11. The molecule has 0 aromatic heterocycles. The zero-order chi connectivity index (χ0) is 11.7. The van der Waals surface area contributed by atoms with Crippen molar-refractivity contribution in [2.24, 2.45) is 11.8 Å². The fraction of sp³-hybridized carbons (Fsp3) is 0.786. The van der Waals surface area contributed by atoms with Crippen molar-refractivity contribution in [3.63, 3.8) is 0 Å². The first-order chi connectivity index (χ1) is 7.15. The molecule has 88 valence electrons. The van der Waals surface area contributed by atoms with E-state index in [1.54, 1.807) is 0 Å². The van der Waals surface area contributed by atoms with Crippen molar-refractivity contribution in [1.29, 1.82) is 0 Å². The molecule has 0 saturated carbocycles. The van der Waals surface area contributed by atoms with E-state index in [0.29, 0.717) is 11.8 Å². The third-order valence-corrected chi connectivity index (χ3v) is 2.96. The molecule has 0 aliphatic rings. The van der Waals surface area contributed by atoms with Crippen LogP contribution in [0.3, 0.4) is 0 Å². The molecule has 0 saturated heterocycles. The lowest BCUT2D eigenvalue weighted by atomic mass is 9.93. The van der Waals surface area contributed by atoms with E-state index in [0.717, 1.165) is 31.1 Å². The first kappa shape index (κ1) is 14.4. The molecule has 0 N–H and O–H groups in total. The van der Waals surface area contributed by atoms with Gasteiger partial charge in [0, 0.05) is 0 Å². The largest absolute Gasteiger partial charge is 0.298 e. The number of hydrogen-bond donors (Lipinski definition) is 0. The van der Waals surface area contributed by atoms with E-state index in [2.05, 4.69) is 33.8 Å². The van der Waals surface area contributed by atoms with Crippen LogP contribution in [0.15, 0.2) is 11.6 Å². The van der Waals surface area contributed by atoms with Crippen LogP contribution in [0.2, 0.25) is 0 Å². The fourth-order valence-electron chi connectivity index (χ4n) is 1.91. The summed E-state index contributed by atoms with van der Waals surface area (Å²) in [6.07, 6.45) is 8.99. The molecule has 0 radical (unpaired) electrons. The van der Waals surface area contributed by atoms with Crippen molar-refractivity contribution < 1.29 is 4.79 Å². The average Bonchev–Trinajstić information content (AvgIpc) is 2.19. The predicted molar refractivity (Wildman–Crippen MR) is 66.9 cm³/mol. The Kier molecular flexibility index (Phi) is 8.35. The highest BCUT2D eigenvalue weighted by molar-refractivity contribution is 5.73. The van der Waals surface area contributed by atoms with Crippen molar-refractivity contribution >= 4 is 6.29 Å². The van der Waals surface area contributed by atoms with Crippen LogP contribution in [-0.2, 0) is 4.79 Å². The van der Waals surface area contributed by atoms with Crippen LogP contribution in [0.1, 0.15) is 59.8 Å². The summed E-state index contributed by atoms with van der Waals surface area (Å²) in [6, 6.07) is 0. The van der Waals surface area contributed by atoms with Gasteiger partial charge in [-0.3, -0.25) is 4.79 Å². The van der Waals surface area contributed by atoms with Crippen molar-refractivity contribution in [3.8, 4) is 0 Å². The molecule has 0 spiro atoms.